The Hall–Kier alpha value is -2.67. The second-order valence-corrected chi connectivity index (χ2v) is 6.52. The summed E-state index contributed by atoms with van der Waals surface area (Å²) in [5.74, 6) is 0.660. The van der Waals surface area contributed by atoms with Crippen molar-refractivity contribution in [2.75, 3.05) is 0 Å². The molecule has 0 N–H and O–H groups in total. The maximum absolute atomic E-state index is 4.50. The van der Waals surface area contributed by atoms with Crippen molar-refractivity contribution in [1.29, 1.82) is 0 Å². The van der Waals surface area contributed by atoms with Crippen molar-refractivity contribution in [2.45, 2.75) is 20.3 Å². The van der Waals surface area contributed by atoms with Gasteiger partial charge in [0.15, 0.2) is 0 Å². The average molecular weight is 313 g/mol. The largest absolute Gasteiger partial charge is 0.256 e. The van der Waals surface area contributed by atoms with Crippen LogP contribution in [0.5, 0.6) is 0 Å². The minimum absolute atomic E-state index is 0.660. The van der Waals surface area contributed by atoms with E-state index in [0.29, 0.717) is 5.92 Å². The molecule has 3 aromatic rings. The summed E-state index contributed by atoms with van der Waals surface area (Å²) in [4.78, 5) is 4.50. The van der Waals surface area contributed by atoms with Crippen molar-refractivity contribution in [1.82, 2.24) is 4.98 Å². The molecule has 0 amide bonds. The van der Waals surface area contributed by atoms with Gasteiger partial charge in [-0.2, -0.15) is 0 Å². The fourth-order valence-corrected chi connectivity index (χ4v) is 3.01. The van der Waals surface area contributed by atoms with Gasteiger partial charge in [-0.25, -0.2) is 0 Å². The van der Waals surface area contributed by atoms with Crippen LogP contribution in [0.3, 0.4) is 0 Å². The van der Waals surface area contributed by atoms with Crippen LogP contribution in [0.15, 0.2) is 73.4 Å². The predicted octanol–water partition coefficient (Wildman–Crippen LogP) is 6.26. The molecule has 0 saturated carbocycles. The molecular weight excluding hydrogens is 290 g/mol. The Balaban J connectivity index is 2.05. The molecule has 0 aliphatic rings. The van der Waals surface area contributed by atoms with Gasteiger partial charge in [0.1, 0.15) is 0 Å². The topological polar surface area (TPSA) is 12.9 Å². The quantitative estimate of drug-likeness (QED) is 0.542. The average Bonchev–Trinajstić information content (AvgIpc) is 2.61. The van der Waals surface area contributed by atoms with Crippen molar-refractivity contribution in [3.8, 4) is 22.4 Å². The number of rotatable bonds is 5. The Morgan fingerprint density at radius 1 is 0.958 bits per heavy atom. The molecule has 1 heteroatoms. The third kappa shape index (κ3) is 3.62. The van der Waals surface area contributed by atoms with Crippen LogP contribution in [0.1, 0.15) is 25.0 Å². The fourth-order valence-electron chi connectivity index (χ4n) is 3.01. The van der Waals surface area contributed by atoms with Gasteiger partial charge in [0.05, 0.1) is 5.69 Å². The first-order valence-electron chi connectivity index (χ1n) is 8.44. The molecule has 24 heavy (non-hydrogen) atoms. The van der Waals surface area contributed by atoms with Gasteiger partial charge in [-0.1, -0.05) is 69.0 Å². The molecular formula is C23H23N. The second-order valence-electron chi connectivity index (χ2n) is 6.52. The highest BCUT2D eigenvalue weighted by Gasteiger charge is 2.08. The summed E-state index contributed by atoms with van der Waals surface area (Å²) in [5.41, 5.74) is 7.06. The zero-order valence-electron chi connectivity index (χ0n) is 14.4. The molecule has 0 saturated heterocycles. The summed E-state index contributed by atoms with van der Waals surface area (Å²) >= 11 is 0. The van der Waals surface area contributed by atoms with Crippen molar-refractivity contribution >= 4 is 6.08 Å². The lowest BCUT2D eigenvalue weighted by Crippen LogP contribution is -1.94. The lowest BCUT2D eigenvalue weighted by Gasteiger charge is -2.11. The molecule has 1 nitrogen and oxygen atoms in total. The highest BCUT2D eigenvalue weighted by Crippen LogP contribution is 2.30. The number of nitrogens with zero attached hydrogens (tertiary/aromatic N) is 1. The monoisotopic (exact) mass is 313 g/mol. The van der Waals surface area contributed by atoms with E-state index in [1.807, 2.05) is 30.5 Å². The lowest BCUT2D eigenvalue weighted by atomic mass is 9.94. The van der Waals surface area contributed by atoms with E-state index in [1.54, 1.807) is 0 Å². The van der Waals surface area contributed by atoms with Crippen LogP contribution < -0.4 is 0 Å². The van der Waals surface area contributed by atoms with Crippen molar-refractivity contribution in [2.24, 2.45) is 5.92 Å². The van der Waals surface area contributed by atoms with Gasteiger partial charge >= 0.3 is 0 Å². The third-order valence-electron chi connectivity index (χ3n) is 4.12. The first-order valence-corrected chi connectivity index (χ1v) is 8.44. The van der Waals surface area contributed by atoms with E-state index in [2.05, 4.69) is 67.9 Å². The molecule has 120 valence electrons. The molecule has 0 bridgehead atoms. The van der Waals surface area contributed by atoms with Gasteiger partial charge in [-0.05, 0) is 52.8 Å². The maximum Gasteiger partial charge on any atom is 0.0708 e. The van der Waals surface area contributed by atoms with E-state index < -0.39 is 0 Å². The molecule has 1 heterocycles. The van der Waals surface area contributed by atoms with Gasteiger partial charge in [0, 0.05) is 11.8 Å². The molecule has 0 aliphatic heterocycles. The molecule has 0 aliphatic carbocycles. The smallest absolute Gasteiger partial charge is 0.0708 e. The van der Waals surface area contributed by atoms with E-state index in [-0.39, 0.29) is 0 Å². The van der Waals surface area contributed by atoms with E-state index in [1.165, 1.54) is 16.7 Å². The molecule has 0 spiro atoms. The zero-order chi connectivity index (χ0) is 16.9. The predicted molar refractivity (Wildman–Crippen MR) is 104 cm³/mol. The van der Waals surface area contributed by atoms with Crippen LogP contribution in [-0.2, 0) is 6.42 Å². The standard InChI is InChI=1S/C23H23N/c1-4-19-11-12-21(16-22(19)23-10-5-6-13-24-23)20-9-7-8-18(15-20)14-17(2)3/h4-13,15-17H,1,14H2,2-3H3. The SMILES string of the molecule is C=Cc1ccc(-c2cccc(CC(C)C)c2)cc1-c1ccccn1. The van der Waals surface area contributed by atoms with E-state index in [4.69, 9.17) is 0 Å². The van der Waals surface area contributed by atoms with Crippen LogP contribution in [-0.4, -0.2) is 4.98 Å². The van der Waals surface area contributed by atoms with Crippen LogP contribution >= 0.6 is 0 Å². The molecule has 0 fully saturated rings. The van der Waals surface area contributed by atoms with E-state index in [0.717, 1.165) is 23.2 Å². The van der Waals surface area contributed by atoms with Gasteiger partial charge in [0.2, 0.25) is 0 Å². The Morgan fingerprint density at radius 2 is 1.79 bits per heavy atom. The van der Waals surface area contributed by atoms with E-state index in [9.17, 15) is 0 Å². The van der Waals surface area contributed by atoms with E-state index >= 15 is 0 Å². The number of aromatic nitrogens is 1. The van der Waals surface area contributed by atoms with Crippen LogP contribution in [0.4, 0.5) is 0 Å². The number of hydrogen-bond donors (Lipinski definition) is 0. The molecule has 2 aromatic carbocycles. The molecule has 3 rings (SSSR count). The second kappa shape index (κ2) is 7.27. The molecule has 0 unspecified atom stereocenters. The minimum Gasteiger partial charge on any atom is -0.256 e. The summed E-state index contributed by atoms with van der Waals surface area (Å²) in [7, 11) is 0. The van der Waals surface area contributed by atoms with Gasteiger partial charge in [-0.15, -0.1) is 0 Å². The normalized spacial score (nSPS) is 10.8. The number of pyridine rings is 1. The Labute approximate surface area is 144 Å². The first-order chi connectivity index (χ1) is 11.7. The Bertz CT molecular complexity index is 832. The molecule has 0 radical (unpaired) electrons. The lowest BCUT2D eigenvalue weighted by molar-refractivity contribution is 0.647. The van der Waals surface area contributed by atoms with Crippen molar-refractivity contribution in [3.63, 3.8) is 0 Å². The minimum atomic E-state index is 0.660. The zero-order valence-corrected chi connectivity index (χ0v) is 14.4. The van der Waals surface area contributed by atoms with Crippen LogP contribution in [0.2, 0.25) is 0 Å². The summed E-state index contributed by atoms with van der Waals surface area (Å²) in [6, 6.07) is 21.3. The summed E-state index contributed by atoms with van der Waals surface area (Å²) < 4.78 is 0. The van der Waals surface area contributed by atoms with Gasteiger partial charge < -0.3 is 0 Å². The first kappa shape index (κ1) is 16.2. The van der Waals surface area contributed by atoms with Crippen molar-refractivity contribution < 1.29 is 0 Å². The summed E-state index contributed by atoms with van der Waals surface area (Å²) in [5, 5.41) is 0. The summed E-state index contributed by atoms with van der Waals surface area (Å²) in [6.07, 6.45) is 4.83. The Kier molecular flexibility index (Phi) is 4.90. The third-order valence-corrected chi connectivity index (χ3v) is 4.12. The van der Waals surface area contributed by atoms with Crippen LogP contribution in [0, 0.1) is 5.92 Å². The summed E-state index contributed by atoms with van der Waals surface area (Å²) in [6.45, 7) is 8.45. The van der Waals surface area contributed by atoms with Crippen molar-refractivity contribution in [3.05, 3.63) is 84.6 Å². The van der Waals surface area contributed by atoms with Gasteiger partial charge in [0.25, 0.3) is 0 Å². The highest BCUT2D eigenvalue weighted by atomic mass is 14.7. The Morgan fingerprint density at radius 3 is 2.50 bits per heavy atom. The number of hydrogen-bond acceptors (Lipinski definition) is 1. The highest BCUT2D eigenvalue weighted by molar-refractivity contribution is 5.78. The van der Waals surface area contributed by atoms with Gasteiger partial charge in [-0.3, -0.25) is 4.98 Å². The number of benzene rings is 2. The molecule has 1 aromatic heterocycles. The maximum atomic E-state index is 4.50. The molecule has 0 atom stereocenters. The van der Waals surface area contributed by atoms with Crippen LogP contribution in [0.25, 0.3) is 28.5 Å². The fraction of sp³-hybridized carbons (Fsp3) is 0.174.